The van der Waals surface area contributed by atoms with E-state index in [4.69, 9.17) is 14.2 Å². The van der Waals surface area contributed by atoms with Crippen molar-refractivity contribution in [3.8, 4) is 17.2 Å². The zero-order chi connectivity index (χ0) is 20.5. The summed E-state index contributed by atoms with van der Waals surface area (Å²) in [6, 6.07) is 11.1. The van der Waals surface area contributed by atoms with Crippen LogP contribution in [0.25, 0.3) is 0 Å². The fourth-order valence-corrected chi connectivity index (χ4v) is 2.72. The Bertz CT molecular complexity index is 768. The molecule has 0 aliphatic rings. The zero-order valence-corrected chi connectivity index (χ0v) is 16.7. The molecule has 2 aromatic carbocycles. The second kappa shape index (κ2) is 10.5. The van der Waals surface area contributed by atoms with Crippen LogP contribution in [0, 0.1) is 5.82 Å². The molecule has 0 spiro atoms. The summed E-state index contributed by atoms with van der Waals surface area (Å²) < 4.78 is 29.0. The van der Waals surface area contributed by atoms with Gasteiger partial charge in [0, 0.05) is 12.1 Å². The molecule has 0 aliphatic heterocycles. The van der Waals surface area contributed by atoms with Gasteiger partial charge < -0.3 is 19.5 Å². The number of carbonyl (C=O) groups is 1. The average molecular weight is 390 g/mol. The normalized spacial score (nSPS) is 11.8. The summed E-state index contributed by atoms with van der Waals surface area (Å²) in [4.78, 5) is 14.2. The minimum Gasteiger partial charge on any atom is -0.497 e. The van der Waals surface area contributed by atoms with Crippen molar-refractivity contribution in [2.45, 2.75) is 13.0 Å². The Morgan fingerprint density at radius 2 is 1.79 bits per heavy atom. The van der Waals surface area contributed by atoms with Gasteiger partial charge in [0.05, 0.1) is 26.8 Å². The number of nitrogens with zero attached hydrogens (tertiary/aromatic N) is 1. The average Bonchev–Trinajstić information content (AvgIpc) is 2.68. The van der Waals surface area contributed by atoms with Gasteiger partial charge in [0.2, 0.25) is 5.91 Å². The summed E-state index contributed by atoms with van der Waals surface area (Å²) in [6.45, 7) is 3.08. The van der Waals surface area contributed by atoms with Crippen molar-refractivity contribution in [3.63, 3.8) is 0 Å². The van der Waals surface area contributed by atoms with E-state index < -0.39 is 0 Å². The van der Waals surface area contributed by atoms with Crippen LogP contribution in [0.5, 0.6) is 17.2 Å². The molecule has 1 unspecified atom stereocenters. The molecule has 2 aromatic rings. The number of hydrogen-bond acceptors (Lipinski definition) is 5. The lowest BCUT2D eigenvalue weighted by Crippen LogP contribution is -2.38. The molecule has 0 saturated heterocycles. The highest BCUT2D eigenvalue weighted by atomic mass is 19.1. The molecule has 2 rings (SSSR count). The zero-order valence-electron chi connectivity index (χ0n) is 16.7. The van der Waals surface area contributed by atoms with Crippen molar-refractivity contribution < 1.29 is 23.4 Å². The molecular weight excluding hydrogens is 363 g/mol. The molecular formula is C21H27FN2O4. The highest BCUT2D eigenvalue weighted by molar-refractivity contribution is 5.78. The third-order valence-electron chi connectivity index (χ3n) is 4.25. The molecule has 1 N–H and O–H groups in total. The summed E-state index contributed by atoms with van der Waals surface area (Å²) in [5, 5.41) is 2.97. The number of benzene rings is 2. The molecule has 0 fully saturated rings. The molecule has 0 bridgehead atoms. The van der Waals surface area contributed by atoms with Crippen molar-refractivity contribution in [2.75, 3.05) is 41.0 Å². The first kappa shape index (κ1) is 21.5. The van der Waals surface area contributed by atoms with Gasteiger partial charge in [0.25, 0.3) is 0 Å². The number of ether oxygens (including phenoxy) is 3. The third-order valence-corrected chi connectivity index (χ3v) is 4.25. The van der Waals surface area contributed by atoms with E-state index in [9.17, 15) is 9.18 Å². The predicted molar refractivity (Wildman–Crippen MR) is 105 cm³/mol. The minimum atomic E-state index is -0.303. The molecule has 152 valence electrons. The lowest BCUT2D eigenvalue weighted by atomic mass is 10.1. The van der Waals surface area contributed by atoms with E-state index in [-0.39, 0.29) is 24.3 Å². The molecule has 0 saturated carbocycles. The van der Waals surface area contributed by atoms with Crippen LogP contribution in [0.4, 0.5) is 4.39 Å². The van der Waals surface area contributed by atoms with Gasteiger partial charge in [0.1, 0.15) is 29.7 Å². The van der Waals surface area contributed by atoms with E-state index in [1.54, 1.807) is 26.4 Å². The number of methoxy groups -OCH3 is 2. The Labute approximate surface area is 165 Å². The van der Waals surface area contributed by atoms with E-state index in [1.807, 2.05) is 37.1 Å². The van der Waals surface area contributed by atoms with Crippen LogP contribution < -0.4 is 19.5 Å². The molecule has 0 aromatic heterocycles. The summed E-state index contributed by atoms with van der Waals surface area (Å²) in [6.07, 6.45) is 0. The first-order valence-electron chi connectivity index (χ1n) is 9.01. The highest BCUT2D eigenvalue weighted by Gasteiger charge is 2.16. The smallest absolute Gasteiger partial charge is 0.234 e. The minimum absolute atomic E-state index is 0.110. The van der Waals surface area contributed by atoms with Crippen molar-refractivity contribution in [2.24, 2.45) is 0 Å². The number of carbonyl (C=O) groups excluding carboxylic acids is 1. The van der Waals surface area contributed by atoms with Gasteiger partial charge in [-0.25, -0.2) is 4.39 Å². The molecule has 28 heavy (non-hydrogen) atoms. The van der Waals surface area contributed by atoms with Gasteiger partial charge in [0.15, 0.2) is 0 Å². The lowest BCUT2D eigenvalue weighted by molar-refractivity contribution is -0.122. The number of likely N-dealkylation sites (N-methyl/N-ethyl adjacent to an activating group) is 1. The maximum atomic E-state index is 12.9. The van der Waals surface area contributed by atoms with E-state index in [0.717, 1.165) is 5.56 Å². The van der Waals surface area contributed by atoms with E-state index >= 15 is 0 Å². The van der Waals surface area contributed by atoms with Crippen molar-refractivity contribution in [1.29, 1.82) is 0 Å². The SMILES string of the molecule is COc1ccc(OC)c(C(C)NC(=O)CN(C)CCOc2ccc(F)cc2)c1. The molecule has 1 atom stereocenters. The van der Waals surface area contributed by atoms with Crippen LogP contribution in [0.1, 0.15) is 18.5 Å². The second-order valence-electron chi connectivity index (χ2n) is 6.44. The topological polar surface area (TPSA) is 60.0 Å². The summed E-state index contributed by atoms with van der Waals surface area (Å²) >= 11 is 0. The van der Waals surface area contributed by atoms with Gasteiger partial charge in [-0.15, -0.1) is 0 Å². The van der Waals surface area contributed by atoms with Crippen LogP contribution >= 0.6 is 0 Å². The fourth-order valence-electron chi connectivity index (χ4n) is 2.72. The molecule has 1 amide bonds. The van der Waals surface area contributed by atoms with E-state index in [1.165, 1.54) is 12.1 Å². The Morgan fingerprint density at radius 3 is 2.43 bits per heavy atom. The fraction of sp³-hybridized carbons (Fsp3) is 0.381. The van der Waals surface area contributed by atoms with Crippen molar-refractivity contribution in [3.05, 3.63) is 53.8 Å². The largest absolute Gasteiger partial charge is 0.497 e. The second-order valence-corrected chi connectivity index (χ2v) is 6.44. The number of rotatable bonds is 10. The van der Waals surface area contributed by atoms with Crippen LogP contribution in [0.15, 0.2) is 42.5 Å². The third kappa shape index (κ3) is 6.42. The van der Waals surface area contributed by atoms with Crippen LogP contribution in [0.3, 0.4) is 0 Å². The van der Waals surface area contributed by atoms with E-state index in [2.05, 4.69) is 5.32 Å². The monoisotopic (exact) mass is 390 g/mol. The lowest BCUT2D eigenvalue weighted by Gasteiger charge is -2.21. The molecule has 0 heterocycles. The summed E-state index contributed by atoms with van der Waals surface area (Å²) in [5.41, 5.74) is 0.845. The van der Waals surface area contributed by atoms with Crippen LogP contribution in [-0.4, -0.2) is 51.8 Å². The van der Waals surface area contributed by atoms with Gasteiger partial charge in [-0.2, -0.15) is 0 Å². The Hall–Kier alpha value is -2.80. The van der Waals surface area contributed by atoms with Crippen LogP contribution in [0.2, 0.25) is 0 Å². The molecule has 0 aliphatic carbocycles. The first-order valence-corrected chi connectivity index (χ1v) is 9.01. The number of amides is 1. The van der Waals surface area contributed by atoms with Gasteiger partial charge in [-0.3, -0.25) is 9.69 Å². The van der Waals surface area contributed by atoms with Crippen molar-refractivity contribution >= 4 is 5.91 Å². The highest BCUT2D eigenvalue weighted by Crippen LogP contribution is 2.29. The molecule has 0 radical (unpaired) electrons. The van der Waals surface area contributed by atoms with E-state index in [0.29, 0.717) is 30.4 Å². The maximum absolute atomic E-state index is 12.9. The maximum Gasteiger partial charge on any atom is 0.234 e. The van der Waals surface area contributed by atoms with Gasteiger partial charge in [-0.1, -0.05) is 0 Å². The quantitative estimate of drug-likeness (QED) is 0.676. The number of halogens is 1. The first-order chi connectivity index (χ1) is 13.4. The van der Waals surface area contributed by atoms with Gasteiger partial charge >= 0.3 is 0 Å². The van der Waals surface area contributed by atoms with Crippen molar-refractivity contribution in [1.82, 2.24) is 10.2 Å². The standard InChI is InChI=1S/C21H27FN2O4/c1-15(19-13-18(26-3)9-10-20(19)27-4)23-21(25)14-24(2)11-12-28-17-7-5-16(22)6-8-17/h5-10,13,15H,11-12,14H2,1-4H3,(H,23,25). The van der Waals surface area contributed by atoms with Crippen LogP contribution in [-0.2, 0) is 4.79 Å². The Kier molecular flexibility index (Phi) is 8.07. The number of nitrogens with one attached hydrogen (secondary N) is 1. The predicted octanol–water partition coefficient (Wildman–Crippen LogP) is 3.03. The summed E-state index contributed by atoms with van der Waals surface area (Å²) in [5.74, 6) is 1.57. The molecule has 7 heteroatoms. The molecule has 6 nitrogen and oxygen atoms in total. The Balaban J connectivity index is 1.81. The summed E-state index contributed by atoms with van der Waals surface area (Å²) in [7, 11) is 5.02. The van der Waals surface area contributed by atoms with Gasteiger partial charge in [-0.05, 0) is 56.4 Å². The Morgan fingerprint density at radius 1 is 1.11 bits per heavy atom. The number of hydrogen-bond donors (Lipinski definition) is 1.